The summed E-state index contributed by atoms with van der Waals surface area (Å²) in [6.45, 7) is 0. The molecule has 0 aliphatic heterocycles. The van der Waals surface area contributed by atoms with Crippen molar-refractivity contribution < 1.29 is 4.39 Å². The zero-order chi connectivity index (χ0) is 17.9. The maximum Gasteiger partial charge on any atom is 0.126 e. The largest absolute Gasteiger partial charge is 0.264 e. The van der Waals surface area contributed by atoms with Gasteiger partial charge in [-0.25, -0.2) is 9.37 Å². The van der Waals surface area contributed by atoms with E-state index >= 15 is 0 Å². The van der Waals surface area contributed by atoms with Crippen LogP contribution in [0.4, 0.5) is 4.39 Å². The fourth-order valence-electron chi connectivity index (χ4n) is 2.69. The number of thiazole rings is 1. The standard InChI is InChI=1S/C21H12FN3S/c22-17-7-5-15(6-8-17)18-9-10-24-12-19(18)21-25-20(13-26-21)16-3-1-14(11-23)2-4-16/h1-10,12-13H. The quantitative estimate of drug-likeness (QED) is 0.483. The summed E-state index contributed by atoms with van der Waals surface area (Å²) in [5.41, 5.74) is 5.21. The molecule has 0 aliphatic carbocycles. The van der Waals surface area contributed by atoms with E-state index in [1.807, 2.05) is 23.6 Å². The minimum Gasteiger partial charge on any atom is -0.264 e. The van der Waals surface area contributed by atoms with Gasteiger partial charge in [-0.3, -0.25) is 4.98 Å². The van der Waals surface area contributed by atoms with Crippen molar-refractivity contribution in [2.75, 3.05) is 0 Å². The smallest absolute Gasteiger partial charge is 0.126 e. The number of hydrogen-bond donors (Lipinski definition) is 0. The number of hydrogen-bond acceptors (Lipinski definition) is 4. The Morgan fingerprint density at radius 3 is 2.35 bits per heavy atom. The predicted molar refractivity (Wildman–Crippen MR) is 101 cm³/mol. The lowest BCUT2D eigenvalue weighted by molar-refractivity contribution is 0.628. The lowest BCUT2D eigenvalue weighted by Gasteiger charge is -2.07. The summed E-state index contributed by atoms with van der Waals surface area (Å²) in [6.07, 6.45) is 3.50. The van der Waals surface area contributed by atoms with E-state index in [4.69, 9.17) is 10.2 Å². The first-order valence-corrected chi connectivity index (χ1v) is 8.79. The van der Waals surface area contributed by atoms with Crippen LogP contribution in [-0.2, 0) is 0 Å². The maximum absolute atomic E-state index is 13.2. The molecule has 3 nitrogen and oxygen atoms in total. The van der Waals surface area contributed by atoms with Crippen LogP contribution in [0.5, 0.6) is 0 Å². The van der Waals surface area contributed by atoms with Crippen molar-refractivity contribution in [3.05, 3.63) is 83.8 Å². The van der Waals surface area contributed by atoms with E-state index in [-0.39, 0.29) is 5.82 Å². The van der Waals surface area contributed by atoms with Crippen LogP contribution in [0.15, 0.2) is 72.4 Å². The van der Waals surface area contributed by atoms with Crippen LogP contribution in [0.2, 0.25) is 0 Å². The van der Waals surface area contributed by atoms with E-state index in [0.29, 0.717) is 5.56 Å². The molecule has 4 aromatic rings. The van der Waals surface area contributed by atoms with E-state index in [0.717, 1.165) is 33.0 Å². The summed E-state index contributed by atoms with van der Waals surface area (Å²) in [4.78, 5) is 8.96. The third kappa shape index (κ3) is 3.10. The summed E-state index contributed by atoms with van der Waals surface area (Å²) in [6, 6.07) is 17.8. The van der Waals surface area contributed by atoms with E-state index < -0.39 is 0 Å². The normalized spacial score (nSPS) is 10.5. The van der Waals surface area contributed by atoms with Crippen molar-refractivity contribution in [2.45, 2.75) is 0 Å². The zero-order valence-corrected chi connectivity index (χ0v) is 14.4. The highest BCUT2D eigenvalue weighted by molar-refractivity contribution is 7.13. The van der Waals surface area contributed by atoms with Crippen LogP contribution in [-0.4, -0.2) is 9.97 Å². The molecule has 0 aliphatic rings. The Balaban J connectivity index is 1.74. The average molecular weight is 357 g/mol. The molecule has 0 bridgehead atoms. The first-order chi connectivity index (χ1) is 12.7. The molecule has 0 N–H and O–H groups in total. The van der Waals surface area contributed by atoms with Gasteiger partial charge in [-0.15, -0.1) is 11.3 Å². The molecule has 2 aromatic heterocycles. The van der Waals surface area contributed by atoms with Crippen LogP contribution in [0.25, 0.3) is 33.0 Å². The van der Waals surface area contributed by atoms with Crippen molar-refractivity contribution in [3.63, 3.8) is 0 Å². The summed E-state index contributed by atoms with van der Waals surface area (Å²) in [7, 11) is 0. The van der Waals surface area contributed by atoms with Gasteiger partial charge in [-0.05, 0) is 41.5 Å². The third-order valence-corrected chi connectivity index (χ3v) is 4.90. The van der Waals surface area contributed by atoms with E-state index in [9.17, 15) is 4.39 Å². The zero-order valence-electron chi connectivity index (χ0n) is 13.6. The Morgan fingerprint density at radius 2 is 1.62 bits per heavy atom. The van der Waals surface area contributed by atoms with Crippen molar-refractivity contribution in [1.29, 1.82) is 5.26 Å². The van der Waals surface area contributed by atoms with Gasteiger partial charge >= 0.3 is 0 Å². The van der Waals surface area contributed by atoms with Crippen molar-refractivity contribution in [1.82, 2.24) is 9.97 Å². The number of pyridine rings is 1. The molecular formula is C21H12FN3S. The Kier molecular flexibility index (Phi) is 4.26. The fraction of sp³-hybridized carbons (Fsp3) is 0. The van der Waals surface area contributed by atoms with Gasteiger partial charge in [-0.1, -0.05) is 24.3 Å². The molecule has 124 valence electrons. The Morgan fingerprint density at radius 1 is 0.885 bits per heavy atom. The SMILES string of the molecule is N#Cc1ccc(-c2csc(-c3cnccc3-c3ccc(F)cc3)n2)cc1. The highest BCUT2D eigenvalue weighted by atomic mass is 32.1. The molecule has 4 rings (SSSR count). The van der Waals surface area contributed by atoms with Crippen LogP contribution in [0.3, 0.4) is 0 Å². The second-order valence-corrected chi connectivity index (χ2v) is 6.51. The molecule has 26 heavy (non-hydrogen) atoms. The molecule has 0 spiro atoms. The number of halogens is 1. The lowest BCUT2D eigenvalue weighted by Crippen LogP contribution is -1.87. The Bertz CT molecular complexity index is 1090. The second-order valence-electron chi connectivity index (χ2n) is 5.66. The molecule has 0 atom stereocenters. The average Bonchev–Trinajstić information content (AvgIpc) is 3.19. The van der Waals surface area contributed by atoms with Crippen LogP contribution < -0.4 is 0 Å². The van der Waals surface area contributed by atoms with Crippen molar-refractivity contribution >= 4 is 11.3 Å². The summed E-state index contributed by atoms with van der Waals surface area (Å²) in [5.74, 6) is -0.262. The molecule has 0 amide bonds. The number of benzene rings is 2. The Hall–Kier alpha value is -3.36. The summed E-state index contributed by atoms with van der Waals surface area (Å²) >= 11 is 1.53. The first kappa shape index (κ1) is 16.1. The highest BCUT2D eigenvalue weighted by Gasteiger charge is 2.12. The second kappa shape index (κ2) is 6.87. The summed E-state index contributed by atoms with van der Waals surface area (Å²) < 4.78 is 13.2. The molecule has 0 radical (unpaired) electrons. The minimum absolute atomic E-state index is 0.262. The molecule has 0 fully saturated rings. The van der Waals surface area contributed by atoms with Crippen LogP contribution in [0, 0.1) is 17.1 Å². The van der Waals surface area contributed by atoms with Gasteiger partial charge in [0.1, 0.15) is 10.8 Å². The predicted octanol–water partition coefficient (Wildman–Crippen LogP) is 5.55. The van der Waals surface area contributed by atoms with Crippen LogP contribution in [0.1, 0.15) is 5.56 Å². The van der Waals surface area contributed by atoms with Gasteiger partial charge < -0.3 is 0 Å². The molecule has 5 heteroatoms. The highest BCUT2D eigenvalue weighted by Crippen LogP contribution is 2.35. The molecule has 0 saturated heterocycles. The van der Waals surface area contributed by atoms with E-state index in [1.165, 1.54) is 23.5 Å². The topological polar surface area (TPSA) is 49.6 Å². The number of rotatable bonds is 3. The molecule has 0 saturated carbocycles. The van der Waals surface area contributed by atoms with Gasteiger partial charge in [0.15, 0.2) is 0 Å². The van der Waals surface area contributed by atoms with Crippen molar-refractivity contribution in [2.24, 2.45) is 0 Å². The maximum atomic E-state index is 13.2. The number of nitriles is 1. The first-order valence-electron chi connectivity index (χ1n) is 7.91. The number of aromatic nitrogens is 2. The molecular weight excluding hydrogens is 345 g/mol. The molecule has 2 heterocycles. The van der Waals surface area contributed by atoms with Gasteiger partial charge in [0.2, 0.25) is 0 Å². The van der Waals surface area contributed by atoms with Crippen molar-refractivity contribution in [3.8, 4) is 39.0 Å². The monoisotopic (exact) mass is 357 g/mol. The molecule has 0 unspecified atom stereocenters. The van der Waals surface area contributed by atoms with Gasteiger partial charge in [-0.2, -0.15) is 5.26 Å². The van der Waals surface area contributed by atoms with Gasteiger partial charge in [0.25, 0.3) is 0 Å². The van der Waals surface area contributed by atoms with Gasteiger partial charge in [0.05, 0.1) is 17.3 Å². The minimum atomic E-state index is -0.262. The number of nitrogens with zero attached hydrogens (tertiary/aromatic N) is 3. The van der Waals surface area contributed by atoms with Gasteiger partial charge in [0, 0.05) is 28.9 Å². The fourth-order valence-corrected chi connectivity index (χ4v) is 3.54. The third-order valence-electron chi connectivity index (χ3n) is 4.02. The Labute approximate surface area is 154 Å². The summed E-state index contributed by atoms with van der Waals surface area (Å²) in [5, 5.41) is 11.7. The van der Waals surface area contributed by atoms with Crippen LogP contribution >= 0.6 is 11.3 Å². The van der Waals surface area contributed by atoms with E-state index in [1.54, 1.807) is 36.7 Å². The lowest BCUT2D eigenvalue weighted by atomic mass is 10.0. The molecule has 2 aromatic carbocycles. The van der Waals surface area contributed by atoms with E-state index in [2.05, 4.69) is 11.1 Å².